The summed E-state index contributed by atoms with van der Waals surface area (Å²) in [6.45, 7) is 2.17. The Bertz CT molecular complexity index is 2460. The highest BCUT2D eigenvalue weighted by atomic mass is 31.1. The lowest BCUT2D eigenvalue weighted by Crippen LogP contribution is -2.62. The van der Waals surface area contributed by atoms with Gasteiger partial charge in [0.25, 0.3) is 11.6 Å². The molecular weight excluding hydrogens is 794 g/mol. The van der Waals surface area contributed by atoms with Crippen LogP contribution in [0.3, 0.4) is 0 Å². The highest BCUT2D eigenvalue weighted by Gasteiger charge is 2.59. The molecule has 0 N–H and O–H groups in total. The van der Waals surface area contributed by atoms with E-state index in [0.717, 1.165) is 67.6 Å². The molecule has 4 nitrogen and oxygen atoms in total. The molecule has 0 unspecified atom stereocenters. The van der Waals surface area contributed by atoms with Crippen molar-refractivity contribution in [3.05, 3.63) is 173 Å². The minimum atomic E-state index is -0.942. The zero-order valence-corrected chi connectivity index (χ0v) is 34.8. The molecule has 6 aliphatic rings. The highest BCUT2D eigenvalue weighted by Crippen LogP contribution is 2.56. The van der Waals surface area contributed by atoms with Crippen LogP contribution in [0.4, 0.5) is 8.78 Å². The number of halogens is 2. The lowest BCUT2D eigenvalue weighted by Gasteiger charge is -2.54. The van der Waals surface area contributed by atoms with E-state index in [2.05, 4.69) is 104 Å². The minimum Gasteiger partial charge on any atom is -0.451 e. The Kier molecular flexibility index (Phi) is 11.4. The van der Waals surface area contributed by atoms with Gasteiger partial charge in [0, 0.05) is 29.0 Å². The van der Waals surface area contributed by atoms with Gasteiger partial charge >= 0.3 is 0 Å². The van der Waals surface area contributed by atoms with E-state index in [9.17, 15) is 8.78 Å². The van der Waals surface area contributed by atoms with Crippen molar-refractivity contribution in [2.75, 3.05) is 0 Å². The highest BCUT2D eigenvalue weighted by molar-refractivity contribution is 7.80. The minimum absolute atomic E-state index is 0. The Balaban J connectivity index is 0.000000165. The first-order valence-electron chi connectivity index (χ1n) is 21.8. The number of benzene rings is 6. The van der Waals surface area contributed by atoms with Crippen LogP contribution in [0, 0.1) is 42.2 Å². The van der Waals surface area contributed by atoms with Crippen LogP contribution in [0.5, 0.6) is 23.0 Å². The van der Waals surface area contributed by atoms with Crippen molar-refractivity contribution < 1.29 is 27.7 Å². The summed E-state index contributed by atoms with van der Waals surface area (Å²) in [5, 5.41) is 4.00. The number of ether oxygens (including phenoxy) is 4. The number of hydrogen-bond acceptors (Lipinski definition) is 4. The van der Waals surface area contributed by atoms with Gasteiger partial charge in [0.2, 0.25) is 0 Å². The summed E-state index contributed by atoms with van der Waals surface area (Å²) in [6.07, 6.45) is 10.1. The van der Waals surface area contributed by atoms with E-state index >= 15 is 0 Å². The molecule has 0 saturated heterocycles. The molecule has 4 heterocycles. The molecule has 6 aromatic carbocycles. The van der Waals surface area contributed by atoms with Crippen LogP contribution in [-0.2, 0) is 25.7 Å². The Labute approximate surface area is 367 Å². The monoisotopic (exact) mass is 850 g/mol. The third-order valence-electron chi connectivity index (χ3n) is 14.1. The normalized spacial score (nSPS) is 25.5. The molecule has 2 aliphatic carbocycles. The number of para-hydroxylation sites is 4. The Morgan fingerprint density at radius 1 is 0.435 bits per heavy atom. The van der Waals surface area contributed by atoms with Crippen molar-refractivity contribution in [3.63, 3.8) is 0 Å². The van der Waals surface area contributed by atoms with Crippen LogP contribution >= 0.6 is 7.92 Å². The van der Waals surface area contributed by atoms with Crippen molar-refractivity contribution >= 4 is 23.8 Å². The van der Waals surface area contributed by atoms with Crippen LogP contribution in [0.1, 0.15) is 81.2 Å². The van der Waals surface area contributed by atoms with Crippen LogP contribution in [0.2, 0.25) is 0 Å². The Morgan fingerprint density at radius 3 is 1.27 bits per heavy atom. The maximum absolute atomic E-state index is 14.3. The standard InChI is InChI=1S/C33H31O2P.C20H18F2O2.2CH4/c1-23-11-8-12-24-21-26-14-10-15-27-22-25-13-9-20-30(32(25)35-33(26,27)34-31(23)24)36(28-16-4-2-5-17-28)29-18-6-3-7-19-29;21-16-8-1-4-12-10-14-6-3-7-15-11-13-5-2-9-17(22)19(13)24-20(14,15)23-18(12)16;;/h2-9,11-13,16-20,26-27H,10,14-15,21-22H2,1H3;1-2,4-5,8-9,14-15H,3,6-7,10-11H2;2*1H4/t26-,27-,33-;14-,15-,20?;;/m11../s1. The Hall–Kier alpha value is -5.19. The molecule has 0 radical (unpaired) electrons. The summed E-state index contributed by atoms with van der Waals surface area (Å²) in [5.74, 6) is 1.43. The maximum Gasteiger partial charge on any atom is 0.257 e. The van der Waals surface area contributed by atoms with Crippen molar-refractivity contribution in [2.45, 2.75) is 97.6 Å². The van der Waals surface area contributed by atoms with Crippen LogP contribution < -0.4 is 34.9 Å². The third kappa shape index (κ3) is 6.98. The lowest BCUT2D eigenvalue weighted by atomic mass is 9.68. The van der Waals surface area contributed by atoms with E-state index in [1.807, 2.05) is 12.1 Å². The molecular formula is C55H57F2O4P. The molecule has 0 amide bonds. The summed E-state index contributed by atoms with van der Waals surface area (Å²) >= 11 is 0. The first-order valence-corrected chi connectivity index (χ1v) is 23.2. The Morgan fingerprint density at radius 2 is 0.806 bits per heavy atom. The van der Waals surface area contributed by atoms with E-state index in [0.29, 0.717) is 24.7 Å². The number of fused-ring (bicyclic) bond motifs is 4. The van der Waals surface area contributed by atoms with Gasteiger partial charge in [0.1, 0.15) is 11.5 Å². The van der Waals surface area contributed by atoms with E-state index in [1.54, 1.807) is 12.1 Å². The summed E-state index contributed by atoms with van der Waals surface area (Å²) in [4.78, 5) is 0. The predicted molar refractivity (Wildman–Crippen MR) is 247 cm³/mol. The first kappa shape index (κ1) is 42.1. The fourth-order valence-corrected chi connectivity index (χ4v) is 13.8. The van der Waals surface area contributed by atoms with Crippen molar-refractivity contribution in [1.82, 2.24) is 0 Å². The second-order valence-corrected chi connectivity index (χ2v) is 19.8. The van der Waals surface area contributed by atoms with Gasteiger partial charge in [-0.25, -0.2) is 8.78 Å². The largest absolute Gasteiger partial charge is 0.451 e. The van der Waals surface area contributed by atoms with Crippen molar-refractivity contribution in [3.8, 4) is 23.0 Å². The molecule has 2 saturated carbocycles. The quantitative estimate of drug-likeness (QED) is 0.166. The third-order valence-corrected chi connectivity index (χ3v) is 16.6. The maximum atomic E-state index is 14.3. The van der Waals surface area contributed by atoms with Crippen LogP contribution in [-0.4, -0.2) is 11.6 Å². The molecule has 7 heteroatoms. The fourth-order valence-electron chi connectivity index (χ4n) is 11.4. The van der Waals surface area contributed by atoms with E-state index in [4.69, 9.17) is 18.9 Å². The van der Waals surface area contributed by atoms with Gasteiger partial charge in [-0.05, 0) is 117 Å². The molecule has 2 spiro atoms. The summed E-state index contributed by atoms with van der Waals surface area (Å²) < 4.78 is 55.4. The molecule has 5 atom stereocenters. The molecule has 12 rings (SSSR count). The zero-order valence-electron chi connectivity index (χ0n) is 33.9. The van der Waals surface area contributed by atoms with Gasteiger partial charge < -0.3 is 18.9 Å². The van der Waals surface area contributed by atoms with Crippen molar-refractivity contribution in [1.29, 1.82) is 0 Å². The van der Waals surface area contributed by atoms with Crippen LogP contribution in [0.15, 0.2) is 133 Å². The van der Waals surface area contributed by atoms with Gasteiger partial charge in [-0.3, -0.25) is 0 Å². The number of aryl methyl sites for hydroxylation is 1. The van der Waals surface area contributed by atoms with Gasteiger partial charge in [-0.15, -0.1) is 0 Å². The molecule has 4 aliphatic heterocycles. The molecule has 62 heavy (non-hydrogen) atoms. The second kappa shape index (κ2) is 16.8. The van der Waals surface area contributed by atoms with Crippen LogP contribution in [0.25, 0.3) is 0 Å². The lowest BCUT2D eigenvalue weighted by molar-refractivity contribution is -0.228. The van der Waals surface area contributed by atoms with Gasteiger partial charge in [0.05, 0.1) is 0 Å². The molecule has 320 valence electrons. The number of hydrogen-bond donors (Lipinski definition) is 0. The smallest absolute Gasteiger partial charge is 0.257 e. The topological polar surface area (TPSA) is 36.9 Å². The van der Waals surface area contributed by atoms with E-state index < -0.39 is 19.5 Å². The van der Waals surface area contributed by atoms with E-state index in [-0.39, 0.29) is 49.8 Å². The average molecular weight is 851 g/mol. The van der Waals surface area contributed by atoms with Gasteiger partial charge in [-0.2, -0.15) is 0 Å². The first-order chi connectivity index (χ1) is 29.4. The molecule has 6 aromatic rings. The molecule has 0 bridgehead atoms. The molecule has 2 fully saturated rings. The number of rotatable bonds is 3. The summed E-state index contributed by atoms with van der Waals surface area (Å²) in [5.41, 5.74) is 5.65. The molecule has 0 aromatic heterocycles. The van der Waals surface area contributed by atoms with Crippen molar-refractivity contribution in [2.24, 2.45) is 23.7 Å². The summed E-state index contributed by atoms with van der Waals surface area (Å²) in [6, 6.07) is 45.3. The second-order valence-electron chi connectivity index (χ2n) is 17.6. The fraction of sp³-hybridized carbons (Fsp3) is 0.345. The SMILES string of the molecule is C.C.Cc1cccc2c1O[C@]13Oc4c(cccc4P(c4ccccc4)c4ccccc4)C[C@H]1CCC[C@@H]3C2.Fc1cccc2c1OC13Oc4c(F)cccc4C[C@H]1CCC[C@@H]3C2. The zero-order chi connectivity index (χ0) is 40.4. The van der Waals surface area contributed by atoms with Gasteiger partial charge in [0.15, 0.2) is 23.1 Å². The average Bonchev–Trinajstić information content (AvgIpc) is 3.27. The van der Waals surface area contributed by atoms with E-state index in [1.165, 1.54) is 51.2 Å². The predicted octanol–water partition coefficient (Wildman–Crippen LogP) is 12.4. The summed E-state index contributed by atoms with van der Waals surface area (Å²) in [7, 11) is -0.752. The van der Waals surface area contributed by atoms with Gasteiger partial charge in [-0.1, -0.05) is 149 Å².